The number of methoxy groups -OCH3 is 2. The van der Waals surface area contributed by atoms with Gasteiger partial charge in [0.05, 0.1) is 12.7 Å². The van der Waals surface area contributed by atoms with Gasteiger partial charge in [0.1, 0.15) is 0 Å². The average Bonchev–Trinajstić information content (AvgIpc) is 2.38. The summed E-state index contributed by atoms with van der Waals surface area (Å²) in [6.45, 7) is 5.21. The van der Waals surface area contributed by atoms with Crippen molar-refractivity contribution in [3.8, 4) is 0 Å². The van der Waals surface area contributed by atoms with Gasteiger partial charge in [-0.2, -0.15) is 0 Å². The smallest absolute Gasteiger partial charge is 0.0928 e. The van der Waals surface area contributed by atoms with Crippen molar-refractivity contribution in [2.45, 2.75) is 25.0 Å². The largest absolute Gasteiger partial charge is 0.382 e. The van der Waals surface area contributed by atoms with E-state index in [1.807, 2.05) is 0 Å². The maximum Gasteiger partial charge on any atom is 0.0928 e. The van der Waals surface area contributed by atoms with Gasteiger partial charge in [-0.3, -0.25) is 0 Å². The molecule has 1 rings (SSSR count). The minimum atomic E-state index is 0.142. The second-order valence-electron chi connectivity index (χ2n) is 4.36. The van der Waals surface area contributed by atoms with Gasteiger partial charge in [0, 0.05) is 53.1 Å². The third-order valence-electron chi connectivity index (χ3n) is 3.01. The predicted molar refractivity (Wildman–Crippen MR) is 67.4 cm³/mol. The normalized spacial score (nSPS) is 19.4. The number of hydrogen-bond donors (Lipinski definition) is 2. The summed E-state index contributed by atoms with van der Waals surface area (Å²) < 4.78 is 15.6. The summed E-state index contributed by atoms with van der Waals surface area (Å²) in [5, 5.41) is 6.89. The summed E-state index contributed by atoms with van der Waals surface area (Å²) >= 11 is 0. The van der Waals surface area contributed by atoms with Crippen LogP contribution in [0.5, 0.6) is 0 Å². The lowest BCUT2D eigenvalue weighted by atomic mass is 10.1. The highest BCUT2D eigenvalue weighted by molar-refractivity contribution is 4.70. The quantitative estimate of drug-likeness (QED) is 0.561. The van der Waals surface area contributed by atoms with Crippen molar-refractivity contribution in [3.63, 3.8) is 0 Å². The van der Waals surface area contributed by atoms with Gasteiger partial charge in [0.25, 0.3) is 0 Å². The molecule has 0 bridgehead atoms. The molecule has 102 valence electrons. The molecule has 0 aromatic rings. The summed E-state index contributed by atoms with van der Waals surface area (Å²) in [5.41, 5.74) is 0. The SMILES string of the molecule is COCC(CNCCNC1CCOCC1)OC. The predicted octanol–water partition coefficient (Wildman–Crippen LogP) is 0.00600. The van der Waals surface area contributed by atoms with Crippen LogP contribution in [0.1, 0.15) is 12.8 Å². The van der Waals surface area contributed by atoms with Crippen LogP contribution >= 0.6 is 0 Å². The van der Waals surface area contributed by atoms with Crippen LogP contribution in [0.4, 0.5) is 0 Å². The molecule has 0 aliphatic carbocycles. The van der Waals surface area contributed by atoms with E-state index < -0.39 is 0 Å². The molecule has 1 heterocycles. The second kappa shape index (κ2) is 9.79. The third-order valence-corrected chi connectivity index (χ3v) is 3.01. The van der Waals surface area contributed by atoms with Crippen molar-refractivity contribution in [2.24, 2.45) is 0 Å². The Morgan fingerprint density at radius 2 is 2.00 bits per heavy atom. The van der Waals surface area contributed by atoms with E-state index in [-0.39, 0.29) is 6.10 Å². The molecule has 1 unspecified atom stereocenters. The maximum absolute atomic E-state index is 5.31. The maximum atomic E-state index is 5.31. The van der Waals surface area contributed by atoms with Gasteiger partial charge < -0.3 is 24.8 Å². The van der Waals surface area contributed by atoms with Crippen molar-refractivity contribution in [2.75, 3.05) is 53.7 Å². The van der Waals surface area contributed by atoms with E-state index in [1.54, 1.807) is 14.2 Å². The molecule has 0 spiro atoms. The van der Waals surface area contributed by atoms with E-state index in [1.165, 1.54) is 0 Å². The van der Waals surface area contributed by atoms with Crippen molar-refractivity contribution >= 4 is 0 Å². The van der Waals surface area contributed by atoms with Gasteiger partial charge in [-0.15, -0.1) is 0 Å². The van der Waals surface area contributed by atoms with E-state index in [2.05, 4.69) is 10.6 Å². The van der Waals surface area contributed by atoms with Gasteiger partial charge in [-0.25, -0.2) is 0 Å². The average molecular weight is 246 g/mol. The highest BCUT2D eigenvalue weighted by atomic mass is 16.5. The first-order valence-electron chi connectivity index (χ1n) is 6.40. The molecule has 0 saturated carbocycles. The van der Waals surface area contributed by atoms with Crippen molar-refractivity contribution in [1.82, 2.24) is 10.6 Å². The van der Waals surface area contributed by atoms with Crippen molar-refractivity contribution < 1.29 is 14.2 Å². The molecule has 0 amide bonds. The van der Waals surface area contributed by atoms with E-state index in [4.69, 9.17) is 14.2 Å². The molecule has 5 nitrogen and oxygen atoms in total. The highest BCUT2D eigenvalue weighted by Crippen LogP contribution is 2.05. The molecule has 0 radical (unpaired) electrons. The highest BCUT2D eigenvalue weighted by Gasteiger charge is 2.12. The summed E-state index contributed by atoms with van der Waals surface area (Å²) in [4.78, 5) is 0. The lowest BCUT2D eigenvalue weighted by Gasteiger charge is -2.23. The van der Waals surface area contributed by atoms with Gasteiger partial charge in [0.2, 0.25) is 0 Å². The minimum Gasteiger partial charge on any atom is -0.382 e. The third kappa shape index (κ3) is 6.95. The molecule has 17 heavy (non-hydrogen) atoms. The summed E-state index contributed by atoms with van der Waals surface area (Å²) in [6.07, 6.45) is 2.40. The van der Waals surface area contributed by atoms with E-state index in [0.717, 1.165) is 45.7 Å². The lowest BCUT2D eigenvalue weighted by molar-refractivity contribution is 0.0290. The van der Waals surface area contributed by atoms with Crippen LogP contribution in [0.2, 0.25) is 0 Å². The molecular formula is C12H26N2O3. The Kier molecular flexibility index (Phi) is 8.56. The Bertz CT molecular complexity index is 168. The lowest BCUT2D eigenvalue weighted by Crippen LogP contribution is -2.40. The molecule has 5 heteroatoms. The molecule has 1 aliphatic heterocycles. The van der Waals surface area contributed by atoms with Crippen LogP contribution in [0.25, 0.3) is 0 Å². The fourth-order valence-corrected chi connectivity index (χ4v) is 1.93. The first kappa shape index (κ1) is 14.9. The Hall–Kier alpha value is -0.200. The Morgan fingerprint density at radius 3 is 2.65 bits per heavy atom. The molecule has 2 N–H and O–H groups in total. The van der Waals surface area contributed by atoms with Crippen LogP contribution in [0, 0.1) is 0 Å². The van der Waals surface area contributed by atoms with Crippen molar-refractivity contribution in [3.05, 3.63) is 0 Å². The van der Waals surface area contributed by atoms with Crippen LogP contribution < -0.4 is 10.6 Å². The van der Waals surface area contributed by atoms with Gasteiger partial charge in [-0.1, -0.05) is 0 Å². The van der Waals surface area contributed by atoms with Gasteiger partial charge in [-0.05, 0) is 12.8 Å². The summed E-state index contributed by atoms with van der Waals surface area (Å²) in [7, 11) is 3.41. The van der Waals surface area contributed by atoms with E-state index in [0.29, 0.717) is 12.6 Å². The molecular weight excluding hydrogens is 220 g/mol. The molecule has 1 saturated heterocycles. The zero-order valence-corrected chi connectivity index (χ0v) is 11.0. The molecule has 1 aliphatic rings. The number of rotatable bonds is 9. The zero-order valence-electron chi connectivity index (χ0n) is 11.0. The Labute approximate surface area is 104 Å². The first-order chi connectivity index (χ1) is 8.36. The van der Waals surface area contributed by atoms with Crippen LogP contribution in [0.3, 0.4) is 0 Å². The van der Waals surface area contributed by atoms with Crippen LogP contribution in [-0.2, 0) is 14.2 Å². The number of hydrogen-bond acceptors (Lipinski definition) is 5. The topological polar surface area (TPSA) is 51.8 Å². The monoisotopic (exact) mass is 246 g/mol. The van der Waals surface area contributed by atoms with Gasteiger partial charge in [0.15, 0.2) is 0 Å². The number of nitrogens with one attached hydrogen (secondary N) is 2. The van der Waals surface area contributed by atoms with Crippen LogP contribution in [0.15, 0.2) is 0 Å². The van der Waals surface area contributed by atoms with E-state index in [9.17, 15) is 0 Å². The molecule has 1 atom stereocenters. The van der Waals surface area contributed by atoms with E-state index >= 15 is 0 Å². The summed E-state index contributed by atoms with van der Waals surface area (Å²) in [6, 6.07) is 0.628. The number of ether oxygens (including phenoxy) is 3. The standard InChI is InChI=1S/C12H26N2O3/c1-15-10-12(16-2)9-13-5-6-14-11-3-7-17-8-4-11/h11-14H,3-10H2,1-2H3. The fraction of sp³-hybridized carbons (Fsp3) is 1.00. The Balaban J connectivity index is 1.92. The fourth-order valence-electron chi connectivity index (χ4n) is 1.93. The van der Waals surface area contributed by atoms with Crippen molar-refractivity contribution in [1.29, 1.82) is 0 Å². The molecule has 0 aromatic heterocycles. The first-order valence-corrected chi connectivity index (χ1v) is 6.40. The molecule has 1 fully saturated rings. The molecule has 0 aromatic carbocycles. The summed E-state index contributed by atoms with van der Waals surface area (Å²) in [5.74, 6) is 0. The Morgan fingerprint density at radius 1 is 1.24 bits per heavy atom. The van der Waals surface area contributed by atoms with Crippen LogP contribution in [-0.4, -0.2) is 65.8 Å². The van der Waals surface area contributed by atoms with Gasteiger partial charge >= 0.3 is 0 Å². The zero-order chi connectivity index (χ0) is 12.3. The minimum absolute atomic E-state index is 0.142. The second-order valence-corrected chi connectivity index (χ2v) is 4.36.